The van der Waals surface area contributed by atoms with Crippen LogP contribution in [0.5, 0.6) is 0 Å². The molecule has 25 heavy (non-hydrogen) atoms. The van der Waals surface area contributed by atoms with Gasteiger partial charge in [-0.3, -0.25) is 0 Å². The number of thioether (sulfide) groups is 1. The van der Waals surface area contributed by atoms with Gasteiger partial charge in [-0.15, -0.1) is 11.8 Å². The monoisotopic (exact) mass is 380 g/mol. The van der Waals surface area contributed by atoms with Crippen LogP contribution < -0.4 is 10.5 Å². The van der Waals surface area contributed by atoms with Gasteiger partial charge in [-0.25, -0.2) is 13.1 Å². The molecule has 0 aliphatic carbocycles. The van der Waals surface area contributed by atoms with Crippen molar-refractivity contribution in [3.05, 3.63) is 60.2 Å². The second kappa shape index (κ2) is 10.5. The van der Waals surface area contributed by atoms with Crippen molar-refractivity contribution in [1.29, 1.82) is 0 Å². The van der Waals surface area contributed by atoms with Crippen LogP contribution in [0.2, 0.25) is 0 Å². The Labute approximate surface area is 154 Å². The summed E-state index contributed by atoms with van der Waals surface area (Å²) < 4.78 is 32.1. The van der Waals surface area contributed by atoms with Crippen LogP contribution in [0.4, 0.5) is 5.69 Å². The molecule has 0 heterocycles. The minimum Gasteiger partial charge on any atom is -0.398 e. The first-order valence-corrected chi connectivity index (χ1v) is 10.8. The molecular formula is C18H24N2O3S2. The summed E-state index contributed by atoms with van der Waals surface area (Å²) >= 11 is 1.45. The van der Waals surface area contributed by atoms with E-state index in [1.165, 1.54) is 11.8 Å². The number of benzene rings is 2. The Kier molecular flexibility index (Phi) is 8.27. The summed E-state index contributed by atoms with van der Waals surface area (Å²) in [7, 11) is -3.27. The predicted molar refractivity (Wildman–Crippen MR) is 104 cm³/mol. The lowest BCUT2D eigenvalue weighted by Crippen LogP contribution is -2.28. The fourth-order valence-electron chi connectivity index (χ4n) is 2.11. The number of para-hydroxylation sites is 1. The molecule has 0 radical (unpaired) electrons. The fourth-order valence-corrected chi connectivity index (χ4v) is 4.55. The number of nitrogen functional groups attached to an aromatic ring is 1. The first kappa shape index (κ1) is 19.8. The number of rotatable bonds is 11. The standard InChI is InChI=1S/C18H24N2O3S2/c19-17-9-4-5-10-18(17)24-13-14-25(21,22)20-11-6-12-23-15-16-7-2-1-3-8-16/h1-5,7-10,20H,6,11-15,19H2. The van der Waals surface area contributed by atoms with Crippen LogP contribution in [0.15, 0.2) is 59.5 Å². The Bertz CT molecular complexity index is 737. The second-order valence-electron chi connectivity index (χ2n) is 5.49. The van der Waals surface area contributed by atoms with E-state index in [2.05, 4.69) is 4.72 Å². The average molecular weight is 381 g/mol. The maximum atomic E-state index is 12.0. The summed E-state index contributed by atoms with van der Waals surface area (Å²) in [4.78, 5) is 0.909. The highest BCUT2D eigenvalue weighted by molar-refractivity contribution is 8.00. The molecule has 0 fully saturated rings. The van der Waals surface area contributed by atoms with Gasteiger partial charge < -0.3 is 10.5 Å². The van der Waals surface area contributed by atoms with Crippen molar-refractivity contribution < 1.29 is 13.2 Å². The first-order valence-electron chi connectivity index (χ1n) is 8.13. The fraction of sp³-hybridized carbons (Fsp3) is 0.333. The van der Waals surface area contributed by atoms with Gasteiger partial charge in [0.1, 0.15) is 0 Å². The van der Waals surface area contributed by atoms with Gasteiger partial charge in [-0.1, -0.05) is 42.5 Å². The number of hydrogen-bond acceptors (Lipinski definition) is 5. The van der Waals surface area contributed by atoms with E-state index in [0.29, 0.717) is 37.6 Å². The number of anilines is 1. The Morgan fingerprint density at radius 2 is 1.76 bits per heavy atom. The van der Waals surface area contributed by atoms with Gasteiger partial charge in [0.25, 0.3) is 0 Å². The van der Waals surface area contributed by atoms with Crippen LogP contribution in [-0.4, -0.2) is 33.1 Å². The Morgan fingerprint density at radius 1 is 1.04 bits per heavy atom. The van der Waals surface area contributed by atoms with Crippen molar-refractivity contribution in [3.8, 4) is 0 Å². The van der Waals surface area contributed by atoms with Crippen LogP contribution in [0.3, 0.4) is 0 Å². The molecule has 3 N–H and O–H groups in total. The maximum absolute atomic E-state index is 12.0. The third kappa shape index (κ3) is 7.92. The van der Waals surface area contributed by atoms with E-state index in [1.54, 1.807) is 0 Å². The summed E-state index contributed by atoms with van der Waals surface area (Å²) in [6.07, 6.45) is 0.644. The molecule has 2 aromatic carbocycles. The van der Waals surface area contributed by atoms with E-state index in [0.717, 1.165) is 10.5 Å². The van der Waals surface area contributed by atoms with Gasteiger partial charge in [0.05, 0.1) is 12.4 Å². The van der Waals surface area contributed by atoms with Gasteiger partial charge in [0.2, 0.25) is 10.0 Å². The molecule has 0 atom stereocenters. The summed E-state index contributed by atoms with van der Waals surface area (Å²) in [5.41, 5.74) is 7.63. The zero-order chi connectivity index (χ0) is 18.0. The van der Waals surface area contributed by atoms with Crippen LogP contribution in [0, 0.1) is 0 Å². The number of nitrogens with one attached hydrogen (secondary N) is 1. The third-order valence-corrected chi connectivity index (χ3v) is 6.16. The number of nitrogens with two attached hydrogens (primary N) is 1. The second-order valence-corrected chi connectivity index (χ2v) is 8.55. The SMILES string of the molecule is Nc1ccccc1SCCS(=O)(=O)NCCCOCc1ccccc1. The maximum Gasteiger partial charge on any atom is 0.212 e. The lowest BCUT2D eigenvalue weighted by atomic mass is 10.2. The highest BCUT2D eigenvalue weighted by atomic mass is 32.2. The summed E-state index contributed by atoms with van der Waals surface area (Å²) in [5, 5.41) is 0. The lowest BCUT2D eigenvalue weighted by Gasteiger charge is -2.08. The first-order chi connectivity index (χ1) is 12.1. The number of sulfonamides is 1. The highest BCUT2D eigenvalue weighted by Gasteiger charge is 2.10. The molecule has 0 saturated heterocycles. The lowest BCUT2D eigenvalue weighted by molar-refractivity contribution is 0.119. The van der Waals surface area contributed by atoms with Gasteiger partial charge in [-0.2, -0.15) is 0 Å². The summed E-state index contributed by atoms with van der Waals surface area (Å²) in [6, 6.07) is 17.3. The van der Waals surface area contributed by atoms with Crippen molar-refractivity contribution in [2.45, 2.75) is 17.9 Å². The van der Waals surface area contributed by atoms with Crippen molar-refractivity contribution in [3.63, 3.8) is 0 Å². The van der Waals surface area contributed by atoms with Crippen molar-refractivity contribution in [2.75, 3.05) is 30.4 Å². The summed E-state index contributed by atoms with van der Waals surface area (Å²) in [5.74, 6) is 0.533. The zero-order valence-electron chi connectivity index (χ0n) is 14.1. The summed E-state index contributed by atoms with van der Waals surface area (Å²) in [6.45, 7) is 1.45. The molecule has 0 aliphatic heterocycles. The molecule has 0 aliphatic rings. The van der Waals surface area contributed by atoms with Crippen molar-refractivity contribution in [1.82, 2.24) is 4.72 Å². The zero-order valence-corrected chi connectivity index (χ0v) is 15.7. The van der Waals surface area contributed by atoms with E-state index < -0.39 is 10.0 Å². The molecule has 0 bridgehead atoms. The van der Waals surface area contributed by atoms with E-state index in [4.69, 9.17) is 10.5 Å². The van der Waals surface area contributed by atoms with Crippen LogP contribution in [-0.2, 0) is 21.4 Å². The van der Waals surface area contributed by atoms with Gasteiger partial charge in [-0.05, 0) is 24.1 Å². The molecule has 7 heteroatoms. The highest BCUT2D eigenvalue weighted by Crippen LogP contribution is 2.24. The molecule has 0 unspecified atom stereocenters. The number of ether oxygens (including phenoxy) is 1. The van der Waals surface area contributed by atoms with Gasteiger partial charge >= 0.3 is 0 Å². The minimum atomic E-state index is -3.27. The van der Waals surface area contributed by atoms with Crippen LogP contribution >= 0.6 is 11.8 Å². The van der Waals surface area contributed by atoms with E-state index >= 15 is 0 Å². The molecular weight excluding hydrogens is 356 g/mol. The average Bonchev–Trinajstić information content (AvgIpc) is 2.60. The molecule has 0 spiro atoms. The normalized spacial score (nSPS) is 11.5. The Morgan fingerprint density at radius 3 is 2.52 bits per heavy atom. The Balaban J connectivity index is 1.57. The van der Waals surface area contributed by atoms with Crippen LogP contribution in [0.1, 0.15) is 12.0 Å². The smallest absolute Gasteiger partial charge is 0.212 e. The van der Waals surface area contributed by atoms with E-state index in [1.807, 2.05) is 54.6 Å². The van der Waals surface area contributed by atoms with Crippen molar-refractivity contribution in [2.24, 2.45) is 0 Å². The molecule has 2 rings (SSSR count). The van der Waals surface area contributed by atoms with E-state index in [-0.39, 0.29) is 5.75 Å². The minimum absolute atomic E-state index is 0.0663. The van der Waals surface area contributed by atoms with Gasteiger partial charge in [0.15, 0.2) is 0 Å². The van der Waals surface area contributed by atoms with Crippen LogP contribution in [0.25, 0.3) is 0 Å². The van der Waals surface area contributed by atoms with E-state index in [9.17, 15) is 8.42 Å². The molecule has 136 valence electrons. The molecule has 2 aromatic rings. The number of hydrogen-bond donors (Lipinski definition) is 2. The van der Waals surface area contributed by atoms with Crippen molar-refractivity contribution >= 4 is 27.5 Å². The quantitative estimate of drug-likeness (QED) is 0.356. The molecule has 5 nitrogen and oxygen atoms in total. The molecule has 0 saturated carbocycles. The Hall–Kier alpha value is -1.54. The predicted octanol–water partition coefficient (Wildman–Crippen LogP) is 2.89. The molecule has 0 aromatic heterocycles. The third-order valence-electron chi connectivity index (χ3n) is 3.43. The largest absolute Gasteiger partial charge is 0.398 e. The van der Waals surface area contributed by atoms with Gasteiger partial charge in [0, 0.05) is 29.5 Å². The molecule has 0 amide bonds. The topological polar surface area (TPSA) is 81.4 Å².